The molecule has 1 aliphatic carbocycles. The lowest BCUT2D eigenvalue weighted by Gasteiger charge is -2.21. The topological polar surface area (TPSA) is 52.6 Å². The van der Waals surface area contributed by atoms with Crippen LogP contribution in [0.5, 0.6) is 0 Å². The standard InChI is InChI=1S/C11H16O4/c1-2-10(12)14-8-11(13)15-9-6-4-3-5-7-9/h2,9H,1,3-8H2. The van der Waals surface area contributed by atoms with Crippen LogP contribution >= 0.6 is 0 Å². The Morgan fingerprint density at radius 2 is 1.93 bits per heavy atom. The predicted octanol–water partition coefficient (Wildman–Crippen LogP) is 1.59. The van der Waals surface area contributed by atoms with Crippen LogP contribution in [0.25, 0.3) is 0 Å². The van der Waals surface area contributed by atoms with Gasteiger partial charge in [0.1, 0.15) is 6.10 Å². The summed E-state index contributed by atoms with van der Waals surface area (Å²) in [6.45, 7) is 2.91. The van der Waals surface area contributed by atoms with Gasteiger partial charge in [-0.1, -0.05) is 13.0 Å². The average Bonchev–Trinajstić information content (AvgIpc) is 2.27. The molecule has 4 nitrogen and oxygen atoms in total. The summed E-state index contributed by atoms with van der Waals surface area (Å²) in [5.41, 5.74) is 0. The van der Waals surface area contributed by atoms with Crippen LogP contribution in [-0.4, -0.2) is 24.6 Å². The molecular weight excluding hydrogens is 196 g/mol. The molecule has 1 fully saturated rings. The van der Waals surface area contributed by atoms with Crippen molar-refractivity contribution < 1.29 is 19.1 Å². The van der Waals surface area contributed by atoms with E-state index in [-0.39, 0.29) is 12.7 Å². The number of hydrogen-bond donors (Lipinski definition) is 0. The van der Waals surface area contributed by atoms with Gasteiger partial charge in [0.05, 0.1) is 0 Å². The molecule has 0 amide bonds. The number of carbonyl (C=O) groups excluding carboxylic acids is 2. The number of hydrogen-bond acceptors (Lipinski definition) is 4. The van der Waals surface area contributed by atoms with Gasteiger partial charge in [0.15, 0.2) is 6.61 Å². The second-order valence-corrected chi connectivity index (χ2v) is 3.56. The lowest BCUT2D eigenvalue weighted by Crippen LogP contribution is -2.24. The molecule has 0 radical (unpaired) electrons. The van der Waals surface area contributed by atoms with Gasteiger partial charge in [0.2, 0.25) is 0 Å². The second kappa shape index (κ2) is 6.22. The molecular formula is C11H16O4. The van der Waals surface area contributed by atoms with Crippen LogP contribution in [0.4, 0.5) is 0 Å². The maximum Gasteiger partial charge on any atom is 0.344 e. The summed E-state index contributed by atoms with van der Waals surface area (Å²) in [5, 5.41) is 0. The molecule has 0 spiro atoms. The summed E-state index contributed by atoms with van der Waals surface area (Å²) in [4.78, 5) is 21.9. The molecule has 15 heavy (non-hydrogen) atoms. The molecule has 0 unspecified atom stereocenters. The van der Waals surface area contributed by atoms with Gasteiger partial charge in [-0.25, -0.2) is 9.59 Å². The van der Waals surface area contributed by atoms with Crippen molar-refractivity contribution in [1.29, 1.82) is 0 Å². The summed E-state index contributed by atoms with van der Waals surface area (Å²) >= 11 is 0. The molecule has 1 rings (SSSR count). The molecule has 0 bridgehead atoms. The summed E-state index contributed by atoms with van der Waals surface area (Å²) < 4.78 is 9.70. The molecule has 0 aromatic heterocycles. The van der Waals surface area contributed by atoms with Crippen molar-refractivity contribution in [3.8, 4) is 0 Å². The van der Waals surface area contributed by atoms with Gasteiger partial charge < -0.3 is 9.47 Å². The smallest absolute Gasteiger partial charge is 0.344 e. The summed E-state index contributed by atoms with van der Waals surface area (Å²) in [5.74, 6) is -1.08. The average molecular weight is 212 g/mol. The van der Waals surface area contributed by atoms with Crippen molar-refractivity contribution in [1.82, 2.24) is 0 Å². The first-order chi connectivity index (χ1) is 7.22. The van der Waals surface area contributed by atoms with Crippen molar-refractivity contribution in [3.63, 3.8) is 0 Å². The van der Waals surface area contributed by atoms with Gasteiger partial charge in [-0.2, -0.15) is 0 Å². The van der Waals surface area contributed by atoms with Crippen LogP contribution in [0.15, 0.2) is 12.7 Å². The van der Waals surface area contributed by atoms with E-state index in [0.29, 0.717) is 0 Å². The number of rotatable bonds is 4. The highest BCUT2D eigenvalue weighted by Gasteiger charge is 2.18. The molecule has 84 valence electrons. The van der Waals surface area contributed by atoms with Crippen molar-refractivity contribution in [2.45, 2.75) is 38.2 Å². The highest BCUT2D eigenvalue weighted by Crippen LogP contribution is 2.20. The van der Waals surface area contributed by atoms with Crippen molar-refractivity contribution in [2.75, 3.05) is 6.61 Å². The minimum atomic E-state index is -0.601. The first kappa shape index (κ1) is 11.8. The van der Waals surface area contributed by atoms with E-state index in [4.69, 9.17) is 4.74 Å². The number of ether oxygens (including phenoxy) is 2. The minimum Gasteiger partial charge on any atom is -0.460 e. The summed E-state index contributed by atoms with van der Waals surface area (Å²) in [6, 6.07) is 0. The van der Waals surface area contributed by atoms with Crippen LogP contribution in [0, 0.1) is 0 Å². The third-order valence-corrected chi connectivity index (χ3v) is 2.35. The fourth-order valence-corrected chi connectivity index (χ4v) is 1.59. The molecule has 0 aromatic carbocycles. The molecule has 0 atom stereocenters. The van der Waals surface area contributed by atoms with Gasteiger partial charge in [0.25, 0.3) is 0 Å². The fourth-order valence-electron chi connectivity index (χ4n) is 1.59. The van der Waals surface area contributed by atoms with Crippen LogP contribution in [0.2, 0.25) is 0 Å². The maximum atomic E-state index is 11.2. The molecule has 0 heterocycles. The van der Waals surface area contributed by atoms with E-state index >= 15 is 0 Å². The zero-order chi connectivity index (χ0) is 11.1. The maximum absolute atomic E-state index is 11.2. The minimum absolute atomic E-state index is 0.00804. The number of carbonyl (C=O) groups is 2. The first-order valence-corrected chi connectivity index (χ1v) is 5.21. The summed E-state index contributed by atoms with van der Waals surface area (Å²) in [7, 11) is 0. The third-order valence-electron chi connectivity index (χ3n) is 2.35. The Hall–Kier alpha value is -1.32. The van der Waals surface area contributed by atoms with E-state index in [2.05, 4.69) is 11.3 Å². The zero-order valence-electron chi connectivity index (χ0n) is 8.74. The normalized spacial score (nSPS) is 16.8. The lowest BCUT2D eigenvalue weighted by molar-refractivity contribution is -0.161. The third kappa shape index (κ3) is 4.63. The molecule has 1 aliphatic rings. The van der Waals surface area contributed by atoms with Crippen molar-refractivity contribution >= 4 is 11.9 Å². The van der Waals surface area contributed by atoms with E-state index in [1.807, 2.05) is 0 Å². The molecule has 4 heteroatoms. The van der Waals surface area contributed by atoms with Gasteiger partial charge >= 0.3 is 11.9 Å². The highest BCUT2D eigenvalue weighted by molar-refractivity contribution is 5.83. The van der Waals surface area contributed by atoms with Crippen LogP contribution in [0.3, 0.4) is 0 Å². The predicted molar refractivity (Wildman–Crippen MR) is 54.1 cm³/mol. The Morgan fingerprint density at radius 3 is 2.53 bits per heavy atom. The lowest BCUT2D eigenvalue weighted by atomic mass is 9.98. The fraction of sp³-hybridized carbons (Fsp3) is 0.636. The van der Waals surface area contributed by atoms with E-state index in [9.17, 15) is 9.59 Å². The Morgan fingerprint density at radius 1 is 1.27 bits per heavy atom. The Bertz CT molecular complexity index is 241. The largest absolute Gasteiger partial charge is 0.460 e. The van der Waals surface area contributed by atoms with Gasteiger partial charge in [-0.05, 0) is 25.7 Å². The first-order valence-electron chi connectivity index (χ1n) is 5.21. The molecule has 1 saturated carbocycles. The monoisotopic (exact) mass is 212 g/mol. The SMILES string of the molecule is C=CC(=O)OCC(=O)OC1CCCCC1. The van der Waals surface area contributed by atoms with E-state index in [0.717, 1.165) is 31.8 Å². The van der Waals surface area contributed by atoms with Crippen LogP contribution in [0.1, 0.15) is 32.1 Å². The van der Waals surface area contributed by atoms with Gasteiger partial charge in [-0.15, -0.1) is 0 Å². The van der Waals surface area contributed by atoms with E-state index in [1.54, 1.807) is 0 Å². The van der Waals surface area contributed by atoms with Crippen LogP contribution < -0.4 is 0 Å². The molecule has 0 N–H and O–H groups in total. The Kier molecular flexibility index (Phi) is 4.87. The van der Waals surface area contributed by atoms with E-state index < -0.39 is 11.9 Å². The van der Waals surface area contributed by atoms with Crippen molar-refractivity contribution in [2.24, 2.45) is 0 Å². The zero-order valence-corrected chi connectivity index (χ0v) is 8.74. The second-order valence-electron chi connectivity index (χ2n) is 3.56. The Balaban J connectivity index is 2.17. The molecule has 0 saturated heterocycles. The van der Waals surface area contributed by atoms with Gasteiger partial charge in [-0.3, -0.25) is 0 Å². The number of esters is 2. The quantitative estimate of drug-likeness (QED) is 0.524. The van der Waals surface area contributed by atoms with E-state index in [1.165, 1.54) is 6.42 Å². The van der Waals surface area contributed by atoms with Gasteiger partial charge in [0, 0.05) is 6.08 Å². The Labute approximate surface area is 89.2 Å². The highest BCUT2D eigenvalue weighted by atomic mass is 16.6. The molecule has 0 aliphatic heterocycles. The van der Waals surface area contributed by atoms with Crippen molar-refractivity contribution in [3.05, 3.63) is 12.7 Å². The molecule has 0 aromatic rings. The van der Waals surface area contributed by atoms with Crippen LogP contribution in [-0.2, 0) is 19.1 Å². The summed E-state index contributed by atoms with van der Waals surface area (Å²) in [6.07, 6.45) is 6.28.